The molecule has 0 aliphatic heterocycles. The molecule has 2 nitrogen and oxygen atoms in total. The molecule has 24 valence electrons. The number of primary amides is 1. The fourth-order valence-corrected chi connectivity index (χ4v) is 0. The summed E-state index contributed by atoms with van der Waals surface area (Å²) in [5, 5.41) is 0. The van der Waals surface area contributed by atoms with Crippen molar-refractivity contribution in [2.75, 3.05) is 0 Å². The average Bonchev–Trinajstić information content (AvgIpc) is 0.918. The molecule has 0 radical (unpaired) electrons. The van der Waals surface area contributed by atoms with Gasteiger partial charge in [-0.25, -0.2) is 0 Å². The molecule has 0 spiro atoms. The van der Waals surface area contributed by atoms with Crippen LogP contribution in [-0.2, 0) is 4.79 Å². The van der Waals surface area contributed by atoms with Crippen molar-refractivity contribution in [2.24, 2.45) is 5.73 Å². The van der Waals surface area contributed by atoms with E-state index in [-0.39, 0.29) is 72.2 Å². The molecule has 0 aromatic carbocycles. The van der Waals surface area contributed by atoms with Gasteiger partial charge in [0.2, 0.25) is 6.41 Å². The van der Waals surface area contributed by atoms with E-state index in [0.717, 1.165) is 0 Å². The minimum Gasteiger partial charge on any atom is -1.00 e. The van der Waals surface area contributed by atoms with Crippen LogP contribution in [0.1, 0.15) is 4.28 Å². The molecule has 0 bridgehead atoms. The Balaban J connectivity index is -0.00000000200. The fraction of sp³-hybridized carbons (Fsp3) is 0. The average molecular weight is 96.2 g/mol. The Labute approximate surface area is 81.6 Å². The van der Waals surface area contributed by atoms with Crippen molar-refractivity contribution in [3.63, 3.8) is 0 Å². The molecule has 0 aliphatic carbocycles. The van der Waals surface area contributed by atoms with E-state index in [1.165, 1.54) is 0 Å². The Morgan fingerprint density at radius 1 is 1.80 bits per heavy atom. The van der Waals surface area contributed by atoms with E-state index in [0.29, 0.717) is 0 Å². The standard InChI is InChI=1S/CH3NO.Be.K.3H/c2-1-3;;;;;/h1H,(H2,2,3);;;;;/q;+2;+1;3*-1. The van der Waals surface area contributed by atoms with E-state index in [2.05, 4.69) is 5.73 Å². The second-order valence-electron chi connectivity index (χ2n) is 0.136. The molecule has 0 atom stereocenters. The number of carbonyl (C=O) groups is 1. The number of hydrogen-bond donors (Lipinski definition) is 1. The van der Waals surface area contributed by atoms with E-state index in [1.54, 1.807) is 0 Å². The van der Waals surface area contributed by atoms with Crippen LogP contribution in [0.25, 0.3) is 0 Å². The maximum atomic E-state index is 8.58. The smallest absolute Gasteiger partial charge is 1.00 e. The first-order valence-electron chi connectivity index (χ1n) is 0.569. The van der Waals surface area contributed by atoms with Crippen molar-refractivity contribution in [2.45, 2.75) is 0 Å². The maximum Gasteiger partial charge on any atom is 2.00 e. The van der Waals surface area contributed by atoms with Gasteiger partial charge in [0, 0.05) is 0 Å². The third kappa shape index (κ3) is 34.8. The molecule has 0 heterocycles. The Kier molecular flexibility index (Phi) is 60.6. The topological polar surface area (TPSA) is 43.1 Å². The van der Waals surface area contributed by atoms with Crippen LogP contribution in [0.4, 0.5) is 0 Å². The third-order valence-electron chi connectivity index (χ3n) is 0. The second-order valence-corrected chi connectivity index (χ2v) is 0.136. The monoisotopic (exact) mass is 96.0 g/mol. The Morgan fingerprint density at radius 3 is 1.80 bits per heavy atom. The summed E-state index contributed by atoms with van der Waals surface area (Å²) in [4.78, 5) is 8.58. The zero-order chi connectivity index (χ0) is 2.71. The Hall–Kier alpha value is 1.28. The molecular formula is CH6BeKNO. The molecule has 0 saturated carbocycles. The predicted octanol–water partition coefficient (Wildman–Crippen LogP) is -3.94. The van der Waals surface area contributed by atoms with Crippen molar-refractivity contribution < 1.29 is 60.5 Å². The van der Waals surface area contributed by atoms with Gasteiger partial charge in [0.25, 0.3) is 0 Å². The van der Waals surface area contributed by atoms with Crippen molar-refractivity contribution >= 4 is 16.5 Å². The molecule has 0 fully saturated rings. The largest absolute Gasteiger partial charge is 2.00 e. The van der Waals surface area contributed by atoms with E-state index >= 15 is 0 Å². The van der Waals surface area contributed by atoms with Gasteiger partial charge >= 0.3 is 61.5 Å². The van der Waals surface area contributed by atoms with Gasteiger partial charge in [0.15, 0.2) is 0 Å². The van der Waals surface area contributed by atoms with Crippen LogP contribution in [0, 0.1) is 0 Å². The molecule has 4 heteroatoms. The van der Waals surface area contributed by atoms with Gasteiger partial charge in [0.1, 0.15) is 0 Å². The predicted molar refractivity (Wildman–Crippen MR) is 19.3 cm³/mol. The Morgan fingerprint density at radius 2 is 1.80 bits per heavy atom. The van der Waals surface area contributed by atoms with Gasteiger partial charge in [-0.05, 0) is 0 Å². The van der Waals surface area contributed by atoms with E-state index in [9.17, 15) is 0 Å². The minimum atomic E-state index is 0. The van der Waals surface area contributed by atoms with Crippen LogP contribution in [0.5, 0.6) is 0 Å². The van der Waals surface area contributed by atoms with Gasteiger partial charge in [-0.15, -0.1) is 0 Å². The quantitative estimate of drug-likeness (QED) is 0.243. The number of rotatable bonds is 0. The molecule has 0 rings (SSSR count). The van der Waals surface area contributed by atoms with Crippen molar-refractivity contribution in [3.05, 3.63) is 0 Å². The van der Waals surface area contributed by atoms with Crippen molar-refractivity contribution in [1.29, 1.82) is 0 Å². The normalized spacial score (nSPS) is 2.40. The van der Waals surface area contributed by atoms with Gasteiger partial charge < -0.3 is 10.0 Å². The maximum absolute atomic E-state index is 8.58. The summed E-state index contributed by atoms with van der Waals surface area (Å²) in [6.45, 7) is 0. The number of hydrogen-bond acceptors (Lipinski definition) is 1. The molecule has 0 aliphatic rings. The minimum absolute atomic E-state index is 0. The zero-order valence-corrected chi connectivity index (χ0v) is 6.39. The van der Waals surface area contributed by atoms with E-state index in [4.69, 9.17) is 4.79 Å². The molecule has 0 saturated heterocycles. The molecular weight excluding hydrogens is 90.1 g/mol. The number of amides is 1. The summed E-state index contributed by atoms with van der Waals surface area (Å²) in [6.07, 6.45) is 0.250. The van der Waals surface area contributed by atoms with Crippen molar-refractivity contribution in [3.8, 4) is 0 Å². The van der Waals surface area contributed by atoms with Crippen LogP contribution < -0.4 is 57.1 Å². The van der Waals surface area contributed by atoms with Crippen LogP contribution >= 0.6 is 0 Å². The fourth-order valence-electron chi connectivity index (χ4n) is 0. The van der Waals surface area contributed by atoms with E-state index in [1.807, 2.05) is 0 Å². The summed E-state index contributed by atoms with van der Waals surface area (Å²) in [7, 11) is 0. The first-order chi connectivity index (χ1) is 1.41. The first-order valence-corrected chi connectivity index (χ1v) is 0.569. The van der Waals surface area contributed by atoms with Crippen molar-refractivity contribution in [1.82, 2.24) is 0 Å². The molecule has 5 heavy (non-hydrogen) atoms. The van der Waals surface area contributed by atoms with Crippen LogP contribution in [0.3, 0.4) is 0 Å². The van der Waals surface area contributed by atoms with Crippen LogP contribution in [-0.4, -0.2) is 16.5 Å². The first kappa shape index (κ1) is 16.3. The summed E-state index contributed by atoms with van der Waals surface area (Å²) >= 11 is 0. The van der Waals surface area contributed by atoms with Gasteiger partial charge in [-0.3, -0.25) is 4.79 Å². The Bertz CT molecular complexity index is 26.8. The zero-order valence-electron chi connectivity index (χ0n) is 6.27. The summed E-state index contributed by atoms with van der Waals surface area (Å²) < 4.78 is 0. The van der Waals surface area contributed by atoms with Crippen LogP contribution in [0.2, 0.25) is 0 Å². The number of nitrogens with two attached hydrogens (primary N) is 1. The molecule has 0 aromatic heterocycles. The van der Waals surface area contributed by atoms with Gasteiger partial charge in [-0.2, -0.15) is 0 Å². The second kappa shape index (κ2) is 18.6. The number of carbonyl (C=O) groups excluding carboxylic acids is 1. The summed E-state index contributed by atoms with van der Waals surface area (Å²) in [6, 6.07) is 0. The molecule has 1 amide bonds. The summed E-state index contributed by atoms with van der Waals surface area (Å²) in [5.41, 5.74) is 4.17. The van der Waals surface area contributed by atoms with Gasteiger partial charge in [0.05, 0.1) is 0 Å². The molecule has 0 aromatic rings. The SMILES string of the molecule is NC=O.[Be+2].[H-].[H-].[H-].[K+]. The molecule has 0 unspecified atom stereocenters. The third-order valence-corrected chi connectivity index (χ3v) is 0. The molecule has 2 N–H and O–H groups in total. The van der Waals surface area contributed by atoms with Crippen LogP contribution in [0.15, 0.2) is 0 Å². The summed E-state index contributed by atoms with van der Waals surface area (Å²) in [5.74, 6) is 0. The van der Waals surface area contributed by atoms with Gasteiger partial charge in [-0.1, -0.05) is 0 Å². The van der Waals surface area contributed by atoms with E-state index < -0.39 is 0 Å².